The van der Waals surface area contributed by atoms with Gasteiger partial charge in [0.05, 0.1) is 5.41 Å². The first-order valence-corrected chi connectivity index (χ1v) is 8.14. The Morgan fingerprint density at radius 2 is 1.76 bits per heavy atom. The quantitative estimate of drug-likeness (QED) is 0.746. The molecule has 0 spiro atoms. The van der Waals surface area contributed by atoms with Crippen LogP contribution >= 0.6 is 0 Å². The van der Waals surface area contributed by atoms with Crippen molar-refractivity contribution >= 4 is 12.0 Å². The number of carbonyl (C=O) groups is 2. The molecule has 2 aliphatic rings. The van der Waals surface area contributed by atoms with Crippen LogP contribution in [0.1, 0.15) is 65.2 Å². The van der Waals surface area contributed by atoms with Crippen molar-refractivity contribution in [3.8, 4) is 0 Å². The summed E-state index contributed by atoms with van der Waals surface area (Å²) < 4.78 is 0. The molecular weight excluding hydrogens is 268 g/mol. The van der Waals surface area contributed by atoms with E-state index in [0.29, 0.717) is 12.8 Å². The summed E-state index contributed by atoms with van der Waals surface area (Å²) >= 11 is 0. The lowest BCUT2D eigenvalue weighted by Gasteiger charge is -2.34. The average molecular weight is 296 g/mol. The van der Waals surface area contributed by atoms with Gasteiger partial charge in [-0.05, 0) is 31.1 Å². The third-order valence-electron chi connectivity index (χ3n) is 5.41. The number of amides is 2. The third-order valence-corrected chi connectivity index (χ3v) is 5.41. The molecule has 2 rings (SSSR count). The molecular formula is C16H28N2O3. The lowest BCUT2D eigenvalue weighted by Crippen LogP contribution is -2.51. The van der Waals surface area contributed by atoms with E-state index in [0.717, 1.165) is 38.5 Å². The monoisotopic (exact) mass is 296 g/mol. The molecule has 2 aliphatic carbocycles. The largest absolute Gasteiger partial charge is 0.481 e. The molecule has 0 aliphatic heterocycles. The molecule has 0 aromatic rings. The van der Waals surface area contributed by atoms with Crippen molar-refractivity contribution in [1.29, 1.82) is 0 Å². The highest BCUT2D eigenvalue weighted by molar-refractivity contribution is 5.78. The molecule has 0 saturated heterocycles. The maximum Gasteiger partial charge on any atom is 0.315 e. The van der Waals surface area contributed by atoms with E-state index >= 15 is 0 Å². The maximum absolute atomic E-state index is 12.1. The highest BCUT2D eigenvalue weighted by atomic mass is 16.4. The van der Waals surface area contributed by atoms with E-state index in [1.54, 1.807) is 0 Å². The van der Waals surface area contributed by atoms with Gasteiger partial charge in [0, 0.05) is 12.6 Å². The van der Waals surface area contributed by atoms with E-state index < -0.39 is 11.4 Å². The molecule has 3 N–H and O–H groups in total. The van der Waals surface area contributed by atoms with Crippen LogP contribution in [0.2, 0.25) is 0 Å². The van der Waals surface area contributed by atoms with E-state index in [9.17, 15) is 14.7 Å². The first kappa shape index (κ1) is 16.1. The highest BCUT2D eigenvalue weighted by Gasteiger charge is 2.40. The van der Waals surface area contributed by atoms with E-state index in [1.165, 1.54) is 0 Å². The second kappa shape index (κ2) is 6.24. The van der Waals surface area contributed by atoms with Crippen LogP contribution < -0.4 is 10.6 Å². The third kappa shape index (κ3) is 3.69. The number of hydrogen-bond acceptors (Lipinski definition) is 2. The first-order chi connectivity index (χ1) is 9.86. The number of urea groups is 1. The number of nitrogens with one attached hydrogen (secondary N) is 2. The molecule has 21 heavy (non-hydrogen) atoms. The van der Waals surface area contributed by atoms with E-state index in [2.05, 4.69) is 24.5 Å². The van der Waals surface area contributed by atoms with Gasteiger partial charge in [0.2, 0.25) is 0 Å². The minimum Gasteiger partial charge on any atom is -0.481 e. The van der Waals surface area contributed by atoms with Gasteiger partial charge in [-0.2, -0.15) is 0 Å². The van der Waals surface area contributed by atoms with Crippen LogP contribution in [0.5, 0.6) is 0 Å². The zero-order valence-electron chi connectivity index (χ0n) is 13.2. The number of rotatable bonds is 4. The van der Waals surface area contributed by atoms with Gasteiger partial charge >= 0.3 is 12.0 Å². The first-order valence-electron chi connectivity index (χ1n) is 8.14. The van der Waals surface area contributed by atoms with E-state index in [1.807, 2.05) is 0 Å². The summed E-state index contributed by atoms with van der Waals surface area (Å²) in [5, 5.41) is 15.3. The lowest BCUT2D eigenvalue weighted by atomic mass is 9.74. The fourth-order valence-electron chi connectivity index (χ4n) is 3.75. The Morgan fingerprint density at radius 1 is 1.10 bits per heavy atom. The summed E-state index contributed by atoms with van der Waals surface area (Å²) in [5.41, 5.74) is -0.632. The van der Waals surface area contributed by atoms with E-state index in [4.69, 9.17) is 0 Å². The normalized spacial score (nSPS) is 27.0. The van der Waals surface area contributed by atoms with Crippen LogP contribution in [0.4, 0.5) is 4.79 Å². The molecule has 5 heteroatoms. The van der Waals surface area contributed by atoms with Crippen LogP contribution in [-0.4, -0.2) is 29.7 Å². The lowest BCUT2D eigenvalue weighted by molar-refractivity contribution is -0.150. The Labute approximate surface area is 126 Å². The number of carboxylic acids is 1. The van der Waals surface area contributed by atoms with Gasteiger partial charge in [-0.15, -0.1) is 0 Å². The fraction of sp³-hybridized carbons (Fsp3) is 0.875. The number of carbonyl (C=O) groups excluding carboxylic acids is 1. The van der Waals surface area contributed by atoms with Gasteiger partial charge in [-0.1, -0.05) is 39.5 Å². The molecule has 120 valence electrons. The van der Waals surface area contributed by atoms with Crippen LogP contribution in [0.15, 0.2) is 0 Å². The summed E-state index contributed by atoms with van der Waals surface area (Å²) in [7, 11) is 0. The average Bonchev–Trinajstić information content (AvgIpc) is 2.76. The van der Waals surface area contributed by atoms with Gasteiger partial charge in [-0.3, -0.25) is 4.79 Å². The van der Waals surface area contributed by atoms with Crippen LogP contribution in [-0.2, 0) is 4.79 Å². The molecule has 0 aromatic heterocycles. The van der Waals surface area contributed by atoms with Crippen molar-refractivity contribution in [2.45, 2.75) is 71.3 Å². The Kier molecular flexibility index (Phi) is 4.79. The summed E-state index contributed by atoms with van der Waals surface area (Å²) in [6.07, 6.45) is 7.56. The van der Waals surface area contributed by atoms with Crippen LogP contribution in [0, 0.1) is 10.8 Å². The molecule has 2 fully saturated rings. The second-order valence-corrected chi connectivity index (χ2v) is 7.41. The van der Waals surface area contributed by atoms with Crippen LogP contribution in [0.3, 0.4) is 0 Å². The Balaban J connectivity index is 1.86. The predicted molar refractivity (Wildman–Crippen MR) is 81.1 cm³/mol. The SMILES string of the molecule is CC1(C)CCCC1NC(=O)NCC1(C(=O)O)CCCCC1. The smallest absolute Gasteiger partial charge is 0.315 e. The zero-order valence-corrected chi connectivity index (χ0v) is 13.2. The summed E-state index contributed by atoms with van der Waals surface area (Å²) in [4.78, 5) is 23.6. The Bertz CT molecular complexity index is 400. The predicted octanol–water partition coefficient (Wildman–Crippen LogP) is 2.90. The van der Waals surface area contributed by atoms with Crippen molar-refractivity contribution in [3.63, 3.8) is 0 Å². The van der Waals surface area contributed by atoms with E-state index in [-0.39, 0.29) is 24.0 Å². The molecule has 0 heterocycles. The summed E-state index contributed by atoms with van der Waals surface area (Å²) in [6, 6.07) is -0.0363. The second-order valence-electron chi connectivity index (χ2n) is 7.41. The zero-order chi connectivity index (χ0) is 15.5. The van der Waals surface area contributed by atoms with Crippen molar-refractivity contribution in [1.82, 2.24) is 10.6 Å². The molecule has 1 unspecified atom stereocenters. The molecule has 1 atom stereocenters. The van der Waals surface area contributed by atoms with Gasteiger partial charge in [0.1, 0.15) is 0 Å². The molecule has 0 radical (unpaired) electrons. The van der Waals surface area contributed by atoms with Crippen molar-refractivity contribution in [3.05, 3.63) is 0 Å². The number of aliphatic carboxylic acids is 1. The van der Waals surface area contributed by atoms with Crippen LogP contribution in [0.25, 0.3) is 0 Å². The summed E-state index contributed by atoms with van der Waals surface area (Å²) in [5.74, 6) is -0.774. The van der Waals surface area contributed by atoms with Gasteiger partial charge in [0.15, 0.2) is 0 Å². The molecule has 5 nitrogen and oxygen atoms in total. The van der Waals surface area contributed by atoms with Crippen molar-refractivity contribution in [2.24, 2.45) is 10.8 Å². The standard InChI is InChI=1S/C16H28N2O3/c1-15(2)8-6-7-12(15)18-14(21)17-11-16(13(19)20)9-4-3-5-10-16/h12H,3-11H2,1-2H3,(H,19,20)(H2,17,18,21). The number of hydrogen-bond donors (Lipinski definition) is 3. The molecule has 2 saturated carbocycles. The van der Waals surface area contributed by atoms with Gasteiger partial charge in [0.25, 0.3) is 0 Å². The minimum absolute atomic E-state index is 0.132. The topological polar surface area (TPSA) is 78.4 Å². The fourth-order valence-corrected chi connectivity index (χ4v) is 3.75. The summed E-state index contributed by atoms with van der Waals surface area (Å²) in [6.45, 7) is 4.58. The molecule has 0 aromatic carbocycles. The Hall–Kier alpha value is -1.26. The highest BCUT2D eigenvalue weighted by Crippen LogP contribution is 2.37. The maximum atomic E-state index is 12.1. The number of carboxylic acid groups (broad SMARTS) is 1. The van der Waals surface area contributed by atoms with Gasteiger partial charge in [-0.25, -0.2) is 4.79 Å². The minimum atomic E-state index is -0.774. The molecule has 2 amide bonds. The van der Waals surface area contributed by atoms with Crippen molar-refractivity contribution in [2.75, 3.05) is 6.54 Å². The van der Waals surface area contributed by atoms with Crippen molar-refractivity contribution < 1.29 is 14.7 Å². The molecule has 0 bridgehead atoms. The Morgan fingerprint density at radius 3 is 2.29 bits per heavy atom. The van der Waals surface area contributed by atoms with Gasteiger partial charge < -0.3 is 15.7 Å².